The number of carbonyl (C=O) groups is 2. The molecule has 0 N–H and O–H groups in total. The molecule has 0 bridgehead atoms. The summed E-state index contributed by atoms with van der Waals surface area (Å²) in [5.74, 6) is -0.522. The molecule has 1 aromatic carbocycles. The number of benzene rings is 1. The molecule has 2 aliphatic heterocycles. The highest BCUT2D eigenvalue weighted by Crippen LogP contribution is 2.18. The molecule has 0 radical (unpaired) electrons. The highest BCUT2D eigenvalue weighted by Gasteiger charge is 2.24. The van der Waals surface area contributed by atoms with E-state index in [0.29, 0.717) is 63.6 Å². The van der Waals surface area contributed by atoms with E-state index in [1.165, 1.54) is 24.5 Å². The maximum absolute atomic E-state index is 13.1. The van der Waals surface area contributed by atoms with Crippen LogP contribution in [0.4, 0.5) is 10.1 Å². The molecule has 1 aromatic heterocycles. The second kappa shape index (κ2) is 8.57. The molecular formula is C21H23FN4O3. The topological polar surface area (TPSA) is 66.0 Å². The van der Waals surface area contributed by atoms with Gasteiger partial charge in [0.25, 0.3) is 11.8 Å². The van der Waals surface area contributed by atoms with E-state index in [0.717, 1.165) is 5.69 Å². The fourth-order valence-electron chi connectivity index (χ4n) is 3.63. The summed E-state index contributed by atoms with van der Waals surface area (Å²) >= 11 is 0. The Labute approximate surface area is 168 Å². The summed E-state index contributed by atoms with van der Waals surface area (Å²) in [4.78, 5) is 35.3. The number of nitrogens with zero attached hydrogens (tertiary/aromatic N) is 4. The first-order valence-corrected chi connectivity index (χ1v) is 9.74. The molecule has 7 nitrogen and oxygen atoms in total. The number of halogens is 1. The average Bonchev–Trinajstić information content (AvgIpc) is 2.79. The van der Waals surface area contributed by atoms with Crippen LogP contribution in [0.15, 0.2) is 42.7 Å². The van der Waals surface area contributed by atoms with Gasteiger partial charge in [-0.15, -0.1) is 0 Å². The second-order valence-corrected chi connectivity index (χ2v) is 7.12. The summed E-state index contributed by atoms with van der Waals surface area (Å²) in [6, 6.07) is 8.00. The summed E-state index contributed by atoms with van der Waals surface area (Å²) in [6.07, 6.45) is 3.01. The van der Waals surface area contributed by atoms with Crippen LogP contribution >= 0.6 is 0 Å². The zero-order valence-corrected chi connectivity index (χ0v) is 16.1. The maximum atomic E-state index is 13.1. The summed E-state index contributed by atoms with van der Waals surface area (Å²) in [7, 11) is 0. The molecule has 2 saturated heterocycles. The number of morpholine rings is 1. The fourth-order valence-corrected chi connectivity index (χ4v) is 3.63. The SMILES string of the molecule is O=C(c1cncc(C(=O)N2CCN(c3ccc(F)cc3)CC2)c1)N1CCOCC1. The minimum atomic E-state index is -0.262. The molecule has 3 heterocycles. The highest BCUT2D eigenvalue weighted by molar-refractivity contribution is 5.99. The monoisotopic (exact) mass is 398 g/mol. The predicted octanol–water partition coefficient (Wildman–Crippen LogP) is 1.66. The van der Waals surface area contributed by atoms with Crippen LogP contribution in [-0.2, 0) is 4.74 Å². The van der Waals surface area contributed by atoms with Crippen LogP contribution in [0.5, 0.6) is 0 Å². The molecule has 2 aromatic rings. The predicted molar refractivity (Wildman–Crippen MR) is 105 cm³/mol. The van der Waals surface area contributed by atoms with Gasteiger partial charge in [0.05, 0.1) is 24.3 Å². The van der Waals surface area contributed by atoms with Crippen molar-refractivity contribution in [1.82, 2.24) is 14.8 Å². The van der Waals surface area contributed by atoms with Gasteiger partial charge in [-0.1, -0.05) is 0 Å². The van der Waals surface area contributed by atoms with E-state index in [1.54, 1.807) is 28.0 Å². The van der Waals surface area contributed by atoms with Crippen molar-refractivity contribution in [2.24, 2.45) is 0 Å². The largest absolute Gasteiger partial charge is 0.378 e. The van der Waals surface area contributed by atoms with Gasteiger partial charge in [-0.2, -0.15) is 0 Å². The number of ether oxygens (including phenoxy) is 1. The molecule has 0 saturated carbocycles. The van der Waals surface area contributed by atoms with Crippen LogP contribution in [0.3, 0.4) is 0 Å². The third-order valence-corrected chi connectivity index (χ3v) is 5.29. The Bertz CT molecular complexity index is 876. The molecule has 2 aliphatic rings. The van der Waals surface area contributed by atoms with E-state index < -0.39 is 0 Å². The molecule has 0 spiro atoms. The first-order valence-electron chi connectivity index (χ1n) is 9.74. The molecule has 8 heteroatoms. The summed E-state index contributed by atoms with van der Waals surface area (Å²) < 4.78 is 18.4. The molecule has 4 rings (SSSR count). The lowest BCUT2D eigenvalue weighted by Gasteiger charge is -2.36. The molecule has 2 fully saturated rings. The van der Waals surface area contributed by atoms with Gasteiger partial charge in [-0.3, -0.25) is 14.6 Å². The summed E-state index contributed by atoms with van der Waals surface area (Å²) in [5.41, 5.74) is 1.78. The molecule has 0 unspecified atom stereocenters. The summed E-state index contributed by atoms with van der Waals surface area (Å²) in [5, 5.41) is 0. The molecular weight excluding hydrogens is 375 g/mol. The molecule has 0 aliphatic carbocycles. The Morgan fingerprint density at radius 1 is 0.828 bits per heavy atom. The third-order valence-electron chi connectivity index (χ3n) is 5.29. The zero-order chi connectivity index (χ0) is 20.2. The number of pyridine rings is 1. The lowest BCUT2D eigenvalue weighted by molar-refractivity contribution is 0.0302. The first kappa shape index (κ1) is 19.3. The van der Waals surface area contributed by atoms with Crippen molar-refractivity contribution in [3.8, 4) is 0 Å². The van der Waals surface area contributed by atoms with E-state index in [2.05, 4.69) is 9.88 Å². The minimum absolute atomic E-state index is 0.128. The fraction of sp³-hybridized carbons (Fsp3) is 0.381. The van der Waals surface area contributed by atoms with Crippen molar-refractivity contribution in [3.63, 3.8) is 0 Å². The van der Waals surface area contributed by atoms with Crippen molar-refractivity contribution in [3.05, 3.63) is 59.7 Å². The van der Waals surface area contributed by atoms with Crippen LogP contribution < -0.4 is 4.90 Å². The Morgan fingerprint density at radius 2 is 1.38 bits per heavy atom. The second-order valence-electron chi connectivity index (χ2n) is 7.12. The Kier molecular flexibility index (Phi) is 5.71. The van der Waals surface area contributed by atoms with E-state index in [4.69, 9.17) is 4.74 Å². The van der Waals surface area contributed by atoms with Gasteiger partial charge in [0.1, 0.15) is 5.82 Å². The van der Waals surface area contributed by atoms with Gasteiger partial charge in [-0.05, 0) is 30.3 Å². The third kappa shape index (κ3) is 4.37. The van der Waals surface area contributed by atoms with E-state index in [9.17, 15) is 14.0 Å². The van der Waals surface area contributed by atoms with E-state index in [-0.39, 0.29) is 17.6 Å². The normalized spacial score (nSPS) is 17.3. The van der Waals surface area contributed by atoms with Crippen molar-refractivity contribution in [2.75, 3.05) is 57.4 Å². The number of hydrogen-bond acceptors (Lipinski definition) is 5. The Balaban J connectivity index is 1.40. The Hall–Kier alpha value is -3.00. The number of anilines is 1. The van der Waals surface area contributed by atoms with Crippen molar-refractivity contribution in [2.45, 2.75) is 0 Å². The quantitative estimate of drug-likeness (QED) is 0.787. The van der Waals surface area contributed by atoms with Crippen LogP contribution in [0.1, 0.15) is 20.7 Å². The first-order chi connectivity index (χ1) is 14.1. The highest BCUT2D eigenvalue weighted by atomic mass is 19.1. The maximum Gasteiger partial charge on any atom is 0.255 e. The number of amides is 2. The van der Waals surface area contributed by atoms with Gasteiger partial charge in [0.15, 0.2) is 0 Å². The van der Waals surface area contributed by atoms with Crippen LogP contribution in [0.2, 0.25) is 0 Å². The molecule has 29 heavy (non-hydrogen) atoms. The average molecular weight is 398 g/mol. The van der Waals surface area contributed by atoms with E-state index in [1.807, 2.05) is 0 Å². The number of carbonyl (C=O) groups excluding carboxylic acids is 2. The smallest absolute Gasteiger partial charge is 0.255 e. The van der Waals surface area contributed by atoms with Crippen molar-refractivity contribution in [1.29, 1.82) is 0 Å². The van der Waals surface area contributed by atoms with Gasteiger partial charge >= 0.3 is 0 Å². The van der Waals surface area contributed by atoms with Crippen molar-refractivity contribution < 1.29 is 18.7 Å². The number of piperazine rings is 1. The Morgan fingerprint density at radius 3 is 1.97 bits per heavy atom. The van der Waals surface area contributed by atoms with Crippen molar-refractivity contribution >= 4 is 17.5 Å². The van der Waals surface area contributed by atoms with Gasteiger partial charge in [0, 0.05) is 57.3 Å². The van der Waals surface area contributed by atoms with Crippen LogP contribution in [0, 0.1) is 5.82 Å². The number of aromatic nitrogens is 1. The van der Waals surface area contributed by atoms with Crippen LogP contribution in [-0.4, -0.2) is 79.1 Å². The molecule has 2 amide bonds. The van der Waals surface area contributed by atoms with Gasteiger partial charge in [0.2, 0.25) is 0 Å². The lowest BCUT2D eigenvalue weighted by Crippen LogP contribution is -2.48. The molecule has 152 valence electrons. The van der Waals surface area contributed by atoms with E-state index >= 15 is 0 Å². The minimum Gasteiger partial charge on any atom is -0.378 e. The summed E-state index contributed by atoms with van der Waals surface area (Å²) in [6.45, 7) is 4.57. The lowest BCUT2D eigenvalue weighted by atomic mass is 10.1. The van der Waals surface area contributed by atoms with Gasteiger partial charge in [-0.25, -0.2) is 4.39 Å². The van der Waals surface area contributed by atoms with Gasteiger partial charge < -0.3 is 19.4 Å². The number of hydrogen-bond donors (Lipinski definition) is 0. The van der Waals surface area contributed by atoms with Crippen LogP contribution in [0.25, 0.3) is 0 Å². The standard InChI is InChI=1S/C21H23FN4O3/c22-18-1-3-19(4-2-18)24-5-7-25(8-6-24)20(27)16-13-17(15-23-14-16)21(28)26-9-11-29-12-10-26/h1-4,13-15H,5-12H2. The zero-order valence-electron chi connectivity index (χ0n) is 16.1. The molecule has 0 atom stereocenters. The number of rotatable bonds is 3.